The van der Waals surface area contributed by atoms with E-state index in [9.17, 15) is 4.79 Å². The van der Waals surface area contributed by atoms with Crippen molar-refractivity contribution in [1.29, 1.82) is 0 Å². The summed E-state index contributed by atoms with van der Waals surface area (Å²) in [5.41, 5.74) is 0. The van der Waals surface area contributed by atoms with Gasteiger partial charge in [0.25, 0.3) is 0 Å². The smallest absolute Gasteiger partial charge is 0.404 e. The predicted octanol–water partition coefficient (Wildman–Crippen LogP) is -0.755. The molecular formula is C6H13NO4. The maximum Gasteiger partial charge on any atom is 0.404 e. The van der Waals surface area contributed by atoms with Crippen LogP contribution in [0.1, 0.15) is 6.42 Å². The van der Waals surface area contributed by atoms with Crippen LogP contribution >= 0.6 is 0 Å². The first-order valence-electron chi connectivity index (χ1n) is 3.39. The molecule has 66 valence electrons. The molecule has 0 aromatic carbocycles. The molecule has 0 aliphatic rings. The second-order valence-corrected chi connectivity index (χ2v) is 2.25. The van der Waals surface area contributed by atoms with Gasteiger partial charge in [0.15, 0.2) is 0 Å². The fourth-order valence-corrected chi connectivity index (χ4v) is 0.624. The summed E-state index contributed by atoms with van der Waals surface area (Å²) >= 11 is 0. The number of nitrogens with one attached hydrogen (secondary N) is 1. The van der Waals surface area contributed by atoms with Crippen LogP contribution in [-0.4, -0.2) is 41.2 Å². The van der Waals surface area contributed by atoms with Crippen LogP contribution in [0, 0.1) is 5.92 Å². The maximum absolute atomic E-state index is 9.92. The Hall–Kier alpha value is -0.810. The molecule has 0 bridgehead atoms. The van der Waals surface area contributed by atoms with Gasteiger partial charge in [-0.05, 0) is 6.42 Å². The number of hydrogen-bond donors (Lipinski definition) is 4. The highest BCUT2D eigenvalue weighted by Gasteiger charge is 2.05. The Labute approximate surface area is 64.7 Å². The second kappa shape index (κ2) is 5.94. The summed E-state index contributed by atoms with van der Waals surface area (Å²) in [6.07, 6.45) is -0.626. The minimum absolute atomic E-state index is 0.113. The zero-order chi connectivity index (χ0) is 8.69. The number of aliphatic hydroxyl groups is 2. The summed E-state index contributed by atoms with van der Waals surface area (Å²) in [5, 5.41) is 27.4. The van der Waals surface area contributed by atoms with Crippen molar-refractivity contribution in [3.8, 4) is 0 Å². The minimum atomic E-state index is -1.08. The van der Waals surface area contributed by atoms with E-state index >= 15 is 0 Å². The lowest BCUT2D eigenvalue weighted by molar-refractivity contribution is 0.142. The van der Waals surface area contributed by atoms with Crippen molar-refractivity contribution in [1.82, 2.24) is 5.32 Å². The summed E-state index contributed by atoms with van der Waals surface area (Å²) in [4.78, 5) is 9.92. The molecule has 0 atom stereocenters. The van der Waals surface area contributed by atoms with Crippen molar-refractivity contribution in [2.75, 3.05) is 19.8 Å². The van der Waals surface area contributed by atoms with E-state index in [1.165, 1.54) is 0 Å². The van der Waals surface area contributed by atoms with Crippen LogP contribution in [0.25, 0.3) is 0 Å². The zero-order valence-electron chi connectivity index (χ0n) is 6.16. The van der Waals surface area contributed by atoms with E-state index in [0.717, 1.165) is 0 Å². The monoisotopic (exact) mass is 163 g/mol. The second-order valence-electron chi connectivity index (χ2n) is 2.25. The number of rotatable bonds is 5. The van der Waals surface area contributed by atoms with Gasteiger partial charge >= 0.3 is 6.09 Å². The van der Waals surface area contributed by atoms with Crippen LogP contribution < -0.4 is 5.32 Å². The third-order valence-electron chi connectivity index (χ3n) is 1.35. The van der Waals surface area contributed by atoms with Gasteiger partial charge in [-0.1, -0.05) is 0 Å². The maximum atomic E-state index is 9.92. The molecule has 1 amide bonds. The molecule has 0 aromatic heterocycles. The molecule has 0 saturated heterocycles. The Balaban J connectivity index is 3.28. The molecule has 0 aliphatic carbocycles. The summed E-state index contributed by atoms with van der Waals surface area (Å²) < 4.78 is 0. The van der Waals surface area contributed by atoms with E-state index < -0.39 is 6.09 Å². The summed E-state index contributed by atoms with van der Waals surface area (Å²) in [5.74, 6) is -0.221. The predicted molar refractivity (Wildman–Crippen MR) is 38.3 cm³/mol. The Morgan fingerprint density at radius 3 is 2.27 bits per heavy atom. The number of hydrogen-bond acceptors (Lipinski definition) is 3. The van der Waals surface area contributed by atoms with E-state index in [-0.39, 0.29) is 25.7 Å². The van der Waals surface area contributed by atoms with E-state index in [2.05, 4.69) is 5.32 Å². The van der Waals surface area contributed by atoms with E-state index in [1.807, 2.05) is 0 Å². The molecule has 0 fully saturated rings. The highest BCUT2D eigenvalue weighted by atomic mass is 16.4. The largest absolute Gasteiger partial charge is 0.465 e. The van der Waals surface area contributed by atoms with Gasteiger partial charge in [0.05, 0.1) is 0 Å². The van der Waals surface area contributed by atoms with Crippen LogP contribution in [0.5, 0.6) is 0 Å². The van der Waals surface area contributed by atoms with Gasteiger partial charge in [0, 0.05) is 25.7 Å². The molecule has 0 rings (SSSR count). The molecule has 0 spiro atoms. The average molecular weight is 163 g/mol. The molecule has 5 nitrogen and oxygen atoms in total. The molecular weight excluding hydrogens is 150 g/mol. The van der Waals surface area contributed by atoms with Crippen molar-refractivity contribution in [3.05, 3.63) is 0 Å². The van der Waals surface area contributed by atoms with Gasteiger partial charge in [-0.3, -0.25) is 0 Å². The fourth-order valence-electron chi connectivity index (χ4n) is 0.624. The molecule has 0 unspecified atom stereocenters. The van der Waals surface area contributed by atoms with Crippen molar-refractivity contribution in [3.63, 3.8) is 0 Å². The summed E-state index contributed by atoms with van der Waals surface area (Å²) in [6, 6.07) is 0. The number of carbonyl (C=O) groups is 1. The fraction of sp³-hybridized carbons (Fsp3) is 0.833. The molecule has 5 heteroatoms. The van der Waals surface area contributed by atoms with Crippen molar-refractivity contribution < 1.29 is 20.1 Å². The number of carboxylic acid groups (broad SMARTS) is 1. The van der Waals surface area contributed by atoms with Gasteiger partial charge in [-0.2, -0.15) is 0 Å². The highest BCUT2D eigenvalue weighted by Crippen LogP contribution is 1.97. The van der Waals surface area contributed by atoms with Crippen LogP contribution in [-0.2, 0) is 0 Å². The standard InChI is InChI=1S/C6H13NO4/c8-3-5(4-9)1-2-7-6(10)11/h5,7-9H,1-4H2,(H,10,11). The third kappa shape index (κ3) is 5.63. The van der Waals surface area contributed by atoms with Crippen molar-refractivity contribution >= 4 is 6.09 Å². The van der Waals surface area contributed by atoms with Crippen molar-refractivity contribution in [2.45, 2.75) is 6.42 Å². The first-order valence-corrected chi connectivity index (χ1v) is 3.39. The van der Waals surface area contributed by atoms with E-state index in [1.54, 1.807) is 0 Å². The lowest BCUT2D eigenvalue weighted by Crippen LogP contribution is -2.25. The zero-order valence-corrected chi connectivity index (χ0v) is 6.16. The Morgan fingerprint density at radius 2 is 1.91 bits per heavy atom. The van der Waals surface area contributed by atoms with Gasteiger partial charge in [-0.15, -0.1) is 0 Å². The van der Waals surface area contributed by atoms with Gasteiger partial charge in [0.1, 0.15) is 0 Å². The number of amides is 1. The topological polar surface area (TPSA) is 89.8 Å². The first kappa shape index (κ1) is 10.2. The molecule has 11 heavy (non-hydrogen) atoms. The summed E-state index contributed by atoms with van der Waals surface area (Å²) in [7, 11) is 0. The highest BCUT2D eigenvalue weighted by molar-refractivity contribution is 5.64. The minimum Gasteiger partial charge on any atom is -0.465 e. The van der Waals surface area contributed by atoms with Crippen LogP contribution in [0.4, 0.5) is 4.79 Å². The van der Waals surface area contributed by atoms with Crippen molar-refractivity contribution in [2.24, 2.45) is 5.92 Å². The molecule has 0 aliphatic heterocycles. The SMILES string of the molecule is O=C(O)NCCC(CO)CO. The Kier molecular flexibility index (Phi) is 5.50. The number of aliphatic hydroxyl groups excluding tert-OH is 2. The molecule has 0 heterocycles. The van der Waals surface area contributed by atoms with Gasteiger partial charge < -0.3 is 20.6 Å². The normalized spacial score (nSPS) is 10.1. The summed E-state index contributed by atoms with van der Waals surface area (Å²) in [6.45, 7) is 0.0384. The van der Waals surface area contributed by atoms with E-state index in [4.69, 9.17) is 15.3 Å². The van der Waals surface area contributed by atoms with Crippen LogP contribution in [0.3, 0.4) is 0 Å². The molecule has 0 radical (unpaired) electrons. The first-order chi connectivity index (χ1) is 5.20. The quantitative estimate of drug-likeness (QED) is 0.429. The van der Waals surface area contributed by atoms with Gasteiger partial charge in [0.2, 0.25) is 0 Å². The van der Waals surface area contributed by atoms with Crippen LogP contribution in [0.15, 0.2) is 0 Å². The Bertz CT molecular complexity index is 113. The van der Waals surface area contributed by atoms with Gasteiger partial charge in [-0.25, -0.2) is 4.79 Å². The lowest BCUT2D eigenvalue weighted by atomic mass is 10.1. The van der Waals surface area contributed by atoms with Crippen LogP contribution in [0.2, 0.25) is 0 Å². The Morgan fingerprint density at radius 1 is 1.36 bits per heavy atom. The molecule has 4 N–H and O–H groups in total. The molecule has 0 aromatic rings. The average Bonchev–Trinajstić information content (AvgIpc) is 1.98. The molecule has 0 saturated carbocycles. The third-order valence-corrected chi connectivity index (χ3v) is 1.35. The lowest BCUT2D eigenvalue weighted by Gasteiger charge is -2.09. The van der Waals surface area contributed by atoms with E-state index in [0.29, 0.717) is 6.42 Å².